The van der Waals surface area contributed by atoms with Crippen molar-refractivity contribution >= 4 is 30.3 Å². The molecule has 0 N–H and O–H groups in total. The third kappa shape index (κ3) is 6.55. The molecule has 5 aromatic rings. The Bertz CT molecular complexity index is 1600. The summed E-state index contributed by atoms with van der Waals surface area (Å²) in [4.78, 5) is 0. The molecule has 40 heavy (non-hydrogen) atoms. The van der Waals surface area contributed by atoms with Gasteiger partial charge < -0.3 is 24.8 Å². The minimum absolute atomic E-state index is 0. The quantitative estimate of drug-likeness (QED) is 0.249. The van der Waals surface area contributed by atoms with E-state index in [4.69, 9.17) is 0 Å². The van der Waals surface area contributed by atoms with Crippen LogP contribution in [0.25, 0.3) is 27.1 Å². The van der Waals surface area contributed by atoms with E-state index in [2.05, 4.69) is 130 Å². The summed E-state index contributed by atoms with van der Waals surface area (Å²) in [5.74, 6) is 0. The average molecular weight is 642 g/mol. The van der Waals surface area contributed by atoms with E-state index >= 15 is 0 Å². The fourth-order valence-corrected chi connectivity index (χ4v) is 6.59. The first kappa shape index (κ1) is 32.1. The number of aryl methyl sites for hydroxylation is 2. The topological polar surface area (TPSA) is 0 Å². The van der Waals surface area contributed by atoms with Gasteiger partial charge in [0.1, 0.15) is 0 Å². The number of allylic oxidation sites excluding steroid dienone is 4. The standard InChI is InChI=1S/C24H25.C13H10.2ClH.Zr/c1-4-16-12-9-13-19-15-22-21(23(16)19)14-17(5-2)20(6-3)24(22)18-10-7-8-11-18;1-3-7-12(8-4-1)11-13-9-5-2-6-10-13;;;/h7-10,12-15H,4-6,11H2,1-3H3;1-10H;2*1H;/q-1;;;;+2/p-2. The Morgan fingerprint density at radius 3 is 1.90 bits per heavy atom. The van der Waals surface area contributed by atoms with Crippen molar-refractivity contribution in [1.82, 2.24) is 0 Å². The van der Waals surface area contributed by atoms with E-state index < -0.39 is 0 Å². The molecular formula is C37H35Cl2Zr-. The van der Waals surface area contributed by atoms with Gasteiger partial charge in [0, 0.05) is 0 Å². The van der Waals surface area contributed by atoms with Crippen molar-refractivity contribution < 1.29 is 49.0 Å². The summed E-state index contributed by atoms with van der Waals surface area (Å²) >= 11 is 1.46. The van der Waals surface area contributed by atoms with E-state index in [0.717, 1.165) is 25.7 Å². The van der Waals surface area contributed by atoms with Gasteiger partial charge in [0.15, 0.2) is 0 Å². The van der Waals surface area contributed by atoms with Gasteiger partial charge in [-0.3, -0.25) is 0 Å². The number of halogens is 2. The van der Waals surface area contributed by atoms with Crippen LogP contribution in [0.4, 0.5) is 0 Å². The molecule has 0 bridgehead atoms. The summed E-state index contributed by atoms with van der Waals surface area (Å²) in [6.45, 7) is 6.85. The second kappa shape index (κ2) is 15.0. The third-order valence-electron chi connectivity index (χ3n) is 7.65. The summed E-state index contributed by atoms with van der Waals surface area (Å²) in [6, 6.07) is 32.8. The SMILES string of the molecule is CCc1cc2c([cH-]c3cccc(CC)c32)c(C2=CC=CC2)c1CC.[Cl-].[Cl-].[Zr+2]=[C](c1ccccc1)c1ccccc1. The predicted octanol–water partition coefficient (Wildman–Crippen LogP) is 3.55. The molecule has 0 unspecified atom stereocenters. The molecule has 0 aromatic heterocycles. The Morgan fingerprint density at radius 1 is 0.750 bits per heavy atom. The first-order valence-corrected chi connectivity index (χ1v) is 15.1. The van der Waals surface area contributed by atoms with Crippen LogP contribution in [-0.2, 0) is 43.5 Å². The maximum absolute atomic E-state index is 2.47. The summed E-state index contributed by atoms with van der Waals surface area (Å²) in [5.41, 5.74) is 10.2. The van der Waals surface area contributed by atoms with Crippen LogP contribution in [0, 0.1) is 0 Å². The van der Waals surface area contributed by atoms with Crippen LogP contribution in [0.15, 0.2) is 109 Å². The monoisotopic (exact) mass is 639 g/mol. The zero-order valence-corrected chi connectivity index (χ0v) is 27.4. The normalized spacial score (nSPS) is 11.9. The van der Waals surface area contributed by atoms with Gasteiger partial charge in [-0.05, 0) is 25.7 Å². The Morgan fingerprint density at radius 2 is 1.38 bits per heavy atom. The fraction of sp³-hybridized carbons (Fsp3) is 0.189. The van der Waals surface area contributed by atoms with Crippen LogP contribution < -0.4 is 24.8 Å². The van der Waals surface area contributed by atoms with Crippen LogP contribution >= 0.6 is 0 Å². The molecule has 0 fully saturated rings. The zero-order chi connectivity index (χ0) is 26.5. The van der Waals surface area contributed by atoms with Gasteiger partial charge in [-0.1, -0.05) is 85.0 Å². The molecule has 0 spiro atoms. The molecule has 1 aliphatic carbocycles. The van der Waals surface area contributed by atoms with Crippen molar-refractivity contribution in [2.45, 2.75) is 46.5 Å². The Hall–Kier alpha value is -2.44. The van der Waals surface area contributed by atoms with Crippen molar-refractivity contribution in [3.8, 4) is 0 Å². The van der Waals surface area contributed by atoms with E-state index in [9.17, 15) is 0 Å². The van der Waals surface area contributed by atoms with Crippen LogP contribution in [0.5, 0.6) is 0 Å². The predicted molar refractivity (Wildman–Crippen MR) is 163 cm³/mol. The number of fused-ring (bicyclic) bond motifs is 3. The molecule has 0 atom stereocenters. The van der Waals surface area contributed by atoms with Crippen molar-refractivity contribution in [1.29, 1.82) is 0 Å². The molecule has 0 aliphatic heterocycles. The summed E-state index contributed by atoms with van der Waals surface area (Å²) in [7, 11) is 0. The van der Waals surface area contributed by atoms with Crippen molar-refractivity contribution in [2.24, 2.45) is 0 Å². The molecule has 0 radical (unpaired) electrons. The molecule has 6 rings (SSSR count). The molecule has 0 amide bonds. The third-order valence-corrected chi connectivity index (χ3v) is 9.07. The molecule has 0 heterocycles. The van der Waals surface area contributed by atoms with Gasteiger partial charge in [-0.15, -0.1) is 33.7 Å². The van der Waals surface area contributed by atoms with Crippen LogP contribution in [0.1, 0.15) is 60.6 Å². The van der Waals surface area contributed by atoms with E-state index in [0.29, 0.717) is 0 Å². The molecule has 0 nitrogen and oxygen atoms in total. The second-order valence-electron chi connectivity index (χ2n) is 9.87. The Labute approximate surface area is 266 Å². The molecule has 0 saturated heterocycles. The second-order valence-corrected chi connectivity index (χ2v) is 11.1. The molecule has 0 saturated carbocycles. The number of hydrogen-bond acceptors (Lipinski definition) is 0. The maximum atomic E-state index is 2.47. The summed E-state index contributed by atoms with van der Waals surface area (Å²) in [5, 5.41) is 5.78. The molecule has 5 aromatic carbocycles. The number of benzene rings is 4. The van der Waals surface area contributed by atoms with Crippen LogP contribution in [0.3, 0.4) is 0 Å². The Kier molecular flexibility index (Phi) is 12.0. The van der Waals surface area contributed by atoms with E-state index in [1.165, 1.54) is 82.4 Å². The first-order chi connectivity index (χ1) is 18.7. The minimum atomic E-state index is 0. The number of hydrogen-bond donors (Lipinski definition) is 0. The fourth-order valence-electron chi connectivity index (χ4n) is 5.77. The van der Waals surface area contributed by atoms with Gasteiger partial charge in [0.05, 0.1) is 0 Å². The molecule has 1 aliphatic rings. The van der Waals surface area contributed by atoms with Gasteiger partial charge in [-0.2, -0.15) is 0 Å². The van der Waals surface area contributed by atoms with Gasteiger partial charge in [0.2, 0.25) is 0 Å². The van der Waals surface area contributed by atoms with E-state index in [1.807, 2.05) is 0 Å². The molecule has 3 heteroatoms. The van der Waals surface area contributed by atoms with Crippen molar-refractivity contribution in [3.05, 3.63) is 143 Å². The van der Waals surface area contributed by atoms with Crippen molar-refractivity contribution in [2.75, 3.05) is 0 Å². The molecule has 202 valence electrons. The van der Waals surface area contributed by atoms with E-state index in [1.54, 1.807) is 5.56 Å². The zero-order valence-electron chi connectivity index (χ0n) is 23.5. The van der Waals surface area contributed by atoms with E-state index in [-0.39, 0.29) is 24.8 Å². The van der Waals surface area contributed by atoms with Crippen LogP contribution in [-0.4, -0.2) is 3.21 Å². The summed E-state index contributed by atoms with van der Waals surface area (Å²) < 4.78 is 1.42. The van der Waals surface area contributed by atoms with Crippen LogP contribution in [0.2, 0.25) is 0 Å². The van der Waals surface area contributed by atoms with Gasteiger partial charge >= 0.3 is 99.2 Å². The average Bonchev–Trinajstić information content (AvgIpc) is 3.65. The van der Waals surface area contributed by atoms with Gasteiger partial charge in [0.25, 0.3) is 0 Å². The van der Waals surface area contributed by atoms with Gasteiger partial charge in [-0.25, -0.2) is 0 Å². The number of rotatable bonds is 6. The Balaban J connectivity index is 0.000000238. The summed E-state index contributed by atoms with van der Waals surface area (Å²) in [6.07, 6.45) is 11.2. The van der Waals surface area contributed by atoms with Crippen molar-refractivity contribution in [3.63, 3.8) is 0 Å². The molecular weight excluding hydrogens is 607 g/mol. The first-order valence-electron chi connectivity index (χ1n) is 13.9.